The molecule has 0 aliphatic heterocycles. The second kappa shape index (κ2) is 1.91. The molecule has 0 spiro atoms. The third-order valence-corrected chi connectivity index (χ3v) is 1.69. The maximum absolute atomic E-state index is 11.1. The average Bonchev–Trinajstić information content (AvgIpc) is 2.48. The van der Waals surface area contributed by atoms with Crippen LogP contribution < -0.4 is 16.2 Å². The van der Waals surface area contributed by atoms with Gasteiger partial charge in [-0.1, -0.05) is 0 Å². The lowest BCUT2D eigenvalue weighted by Crippen LogP contribution is -2.29. The molecule has 6 N–H and O–H groups in total. The number of furan rings is 1. The summed E-state index contributed by atoms with van der Waals surface area (Å²) in [4.78, 5) is 0. The molecule has 0 aromatic carbocycles. The summed E-state index contributed by atoms with van der Waals surface area (Å²) in [5, 5.41) is 29.4. The van der Waals surface area contributed by atoms with Crippen molar-refractivity contribution in [2.45, 2.75) is 0 Å². The second-order valence-corrected chi connectivity index (χ2v) is 2.43. The number of fused-ring (bicyclic) bond motifs is 1. The molecular weight excluding hydrogens is 180 g/mol. The summed E-state index contributed by atoms with van der Waals surface area (Å²) in [5.41, 5.74) is 9.70. The Balaban J connectivity index is 3.01. The minimum atomic E-state index is -0.515. The minimum Gasteiger partial charge on any atom is -0.737 e. The Labute approximate surface area is 70.7 Å². The topological polar surface area (TPSA) is 138 Å². The van der Waals surface area contributed by atoms with Gasteiger partial charge in [0, 0.05) is 0 Å². The van der Waals surface area contributed by atoms with Gasteiger partial charge in [0.15, 0.2) is 0 Å². The number of aromatic nitrogens is 2. The molecule has 8 nitrogen and oxygen atoms in total. The molecular formula is C5H6N4O4. The number of hydrogen-bond donors (Lipinski definition) is 4. The molecule has 70 valence electrons. The molecule has 0 saturated carbocycles. The molecule has 2 aromatic heterocycles. The van der Waals surface area contributed by atoms with Crippen molar-refractivity contribution in [3.63, 3.8) is 0 Å². The fraction of sp³-hybridized carbons (Fsp3) is 0. The molecule has 13 heavy (non-hydrogen) atoms. The molecule has 0 atom stereocenters. The van der Waals surface area contributed by atoms with E-state index in [9.17, 15) is 10.3 Å². The summed E-state index contributed by atoms with van der Waals surface area (Å²) in [7, 11) is 0. The molecule has 2 heterocycles. The Hall–Kier alpha value is -2.25. The van der Waals surface area contributed by atoms with Crippen molar-refractivity contribution in [1.29, 1.82) is 0 Å². The zero-order chi connectivity index (χ0) is 9.75. The van der Waals surface area contributed by atoms with Crippen molar-refractivity contribution >= 4 is 23.1 Å². The van der Waals surface area contributed by atoms with Crippen LogP contribution in [-0.2, 0) is 0 Å². The average molecular weight is 186 g/mol. The van der Waals surface area contributed by atoms with Crippen molar-refractivity contribution in [2.75, 3.05) is 11.5 Å². The SMILES string of the molecule is Nc1oc2c(c1O)n(O)c(N)[n+]2[O-]. The number of aromatic hydroxyl groups is 1. The molecule has 0 radical (unpaired) electrons. The Morgan fingerprint density at radius 1 is 1.46 bits per heavy atom. The Kier molecular flexibility index (Phi) is 1.09. The van der Waals surface area contributed by atoms with Gasteiger partial charge in [-0.25, -0.2) is 4.73 Å². The van der Waals surface area contributed by atoms with Crippen LogP contribution in [0.1, 0.15) is 0 Å². The van der Waals surface area contributed by atoms with Gasteiger partial charge in [-0.3, -0.25) is 5.73 Å². The van der Waals surface area contributed by atoms with Crippen molar-refractivity contribution < 1.29 is 19.5 Å². The number of hydrogen-bond acceptors (Lipinski definition) is 6. The van der Waals surface area contributed by atoms with Gasteiger partial charge in [0.1, 0.15) is 0 Å². The molecule has 2 rings (SSSR count). The monoisotopic (exact) mass is 186 g/mol. The first kappa shape index (κ1) is 7.40. The molecule has 0 unspecified atom stereocenters. The van der Waals surface area contributed by atoms with Crippen LogP contribution in [0.25, 0.3) is 11.2 Å². The van der Waals surface area contributed by atoms with E-state index < -0.39 is 11.7 Å². The van der Waals surface area contributed by atoms with Crippen LogP contribution in [0.3, 0.4) is 0 Å². The van der Waals surface area contributed by atoms with Gasteiger partial charge in [-0.05, 0) is 4.73 Å². The Morgan fingerprint density at radius 2 is 2.08 bits per heavy atom. The summed E-state index contributed by atoms with van der Waals surface area (Å²) in [6, 6.07) is 0. The summed E-state index contributed by atoms with van der Waals surface area (Å²) in [6.07, 6.45) is 0. The van der Waals surface area contributed by atoms with E-state index in [0.717, 1.165) is 0 Å². The van der Waals surface area contributed by atoms with E-state index in [2.05, 4.69) is 4.42 Å². The van der Waals surface area contributed by atoms with Crippen molar-refractivity contribution in [3.8, 4) is 5.75 Å². The summed E-state index contributed by atoms with van der Waals surface area (Å²) in [6.45, 7) is 0. The predicted molar refractivity (Wildman–Crippen MR) is 40.8 cm³/mol. The molecule has 2 aromatic rings. The van der Waals surface area contributed by atoms with Crippen LogP contribution in [0.2, 0.25) is 0 Å². The number of nitrogens with zero attached hydrogens (tertiary/aromatic N) is 2. The van der Waals surface area contributed by atoms with Crippen LogP contribution >= 0.6 is 0 Å². The highest BCUT2D eigenvalue weighted by molar-refractivity contribution is 5.82. The normalized spacial score (nSPS) is 11.1. The molecule has 8 heteroatoms. The first-order valence-corrected chi connectivity index (χ1v) is 3.24. The van der Waals surface area contributed by atoms with E-state index in [1.807, 2.05) is 0 Å². The van der Waals surface area contributed by atoms with Gasteiger partial charge >= 0.3 is 11.7 Å². The third-order valence-electron chi connectivity index (χ3n) is 1.69. The van der Waals surface area contributed by atoms with Gasteiger partial charge in [0.2, 0.25) is 11.6 Å². The fourth-order valence-electron chi connectivity index (χ4n) is 1.05. The number of imidazole rings is 1. The largest absolute Gasteiger partial charge is 0.737 e. The first-order valence-electron chi connectivity index (χ1n) is 3.24. The van der Waals surface area contributed by atoms with Crippen LogP contribution in [0.5, 0.6) is 5.75 Å². The standard InChI is InChI=1S/C5H6N4O4/c6-3-2(10)1-4(13-3)9(12)5(7)8(1)11/h10-11H,6-7H2. The molecule has 0 bridgehead atoms. The number of nitrogen functional groups attached to an aromatic ring is 2. The third kappa shape index (κ3) is 0.662. The zero-order valence-electron chi connectivity index (χ0n) is 6.26. The van der Waals surface area contributed by atoms with Crippen LogP contribution in [0, 0.1) is 5.21 Å². The fourth-order valence-corrected chi connectivity index (χ4v) is 1.05. The van der Waals surface area contributed by atoms with E-state index in [4.69, 9.17) is 16.7 Å². The Bertz CT molecular complexity index is 484. The van der Waals surface area contributed by atoms with Gasteiger partial charge in [-0.2, -0.15) is 0 Å². The second-order valence-electron chi connectivity index (χ2n) is 2.43. The lowest BCUT2D eigenvalue weighted by molar-refractivity contribution is -0.570. The number of anilines is 2. The minimum absolute atomic E-state index is 0.116. The van der Waals surface area contributed by atoms with Crippen LogP contribution in [0.4, 0.5) is 11.8 Å². The van der Waals surface area contributed by atoms with E-state index in [0.29, 0.717) is 4.73 Å². The molecule has 0 fully saturated rings. The highest BCUT2D eigenvalue weighted by Gasteiger charge is 2.26. The molecule has 0 amide bonds. The molecule has 0 aliphatic carbocycles. The van der Waals surface area contributed by atoms with Crippen molar-refractivity contribution in [3.05, 3.63) is 5.21 Å². The smallest absolute Gasteiger partial charge is 0.396 e. The maximum Gasteiger partial charge on any atom is 0.396 e. The van der Waals surface area contributed by atoms with Gasteiger partial charge in [0.25, 0.3) is 5.52 Å². The molecule has 0 saturated heterocycles. The highest BCUT2D eigenvalue weighted by Crippen LogP contribution is 2.32. The van der Waals surface area contributed by atoms with Gasteiger partial charge < -0.3 is 25.7 Å². The first-order chi connectivity index (χ1) is 6.04. The summed E-state index contributed by atoms with van der Waals surface area (Å²) in [5.74, 6) is -1.37. The van der Waals surface area contributed by atoms with Crippen LogP contribution in [-0.4, -0.2) is 15.0 Å². The summed E-state index contributed by atoms with van der Waals surface area (Å²) >= 11 is 0. The predicted octanol–water partition coefficient (Wildman–Crippen LogP) is -1.03. The van der Waals surface area contributed by atoms with Crippen molar-refractivity contribution in [2.24, 2.45) is 0 Å². The summed E-state index contributed by atoms with van der Waals surface area (Å²) < 4.78 is 5.07. The highest BCUT2D eigenvalue weighted by atomic mass is 16.5. The number of rotatable bonds is 0. The van der Waals surface area contributed by atoms with Crippen molar-refractivity contribution in [1.82, 2.24) is 4.73 Å². The molecule has 0 aliphatic rings. The van der Waals surface area contributed by atoms with Gasteiger partial charge in [-0.15, -0.1) is 0 Å². The van der Waals surface area contributed by atoms with E-state index in [1.54, 1.807) is 0 Å². The quantitative estimate of drug-likeness (QED) is 0.236. The lowest BCUT2D eigenvalue weighted by Gasteiger charge is -1.97. The van der Waals surface area contributed by atoms with E-state index in [-0.39, 0.29) is 21.8 Å². The lowest BCUT2D eigenvalue weighted by atomic mass is 10.5. The number of nitrogens with two attached hydrogens (primary N) is 2. The zero-order valence-corrected chi connectivity index (χ0v) is 6.26. The van der Waals surface area contributed by atoms with E-state index >= 15 is 0 Å². The Morgan fingerprint density at radius 3 is 2.62 bits per heavy atom. The van der Waals surface area contributed by atoms with E-state index in [1.165, 1.54) is 0 Å². The maximum atomic E-state index is 11.1. The van der Waals surface area contributed by atoms with Crippen LogP contribution in [0.15, 0.2) is 4.42 Å². The van der Waals surface area contributed by atoms with Gasteiger partial charge in [0.05, 0.1) is 0 Å².